The molecule has 0 heterocycles. The summed E-state index contributed by atoms with van der Waals surface area (Å²) in [6.45, 7) is 4.60. The highest BCUT2D eigenvalue weighted by molar-refractivity contribution is 5.93. The van der Waals surface area contributed by atoms with Gasteiger partial charge >= 0.3 is 0 Å². The highest BCUT2D eigenvalue weighted by atomic mass is 16.2. The third-order valence-electron chi connectivity index (χ3n) is 6.98. The number of hydrogen-bond acceptors (Lipinski definition) is 14. The summed E-state index contributed by atoms with van der Waals surface area (Å²) in [4.78, 5) is 75.9. The molecule has 0 aromatic rings. The average Bonchev–Trinajstić information content (AvgIpc) is 2.99. The molecule has 0 aliphatic heterocycles. The van der Waals surface area contributed by atoms with Crippen LogP contribution in [0, 0.1) is 5.41 Å². The first-order valence-corrected chi connectivity index (χ1v) is 14.5. The van der Waals surface area contributed by atoms with E-state index in [9.17, 15) is 28.8 Å². The summed E-state index contributed by atoms with van der Waals surface area (Å²) in [5, 5.41) is 10.3. The van der Waals surface area contributed by atoms with E-state index < -0.39 is 77.1 Å². The van der Waals surface area contributed by atoms with Crippen LogP contribution in [0.1, 0.15) is 61.3 Å². The predicted octanol–water partition coefficient (Wildman–Crippen LogP) is -5.28. The molecule has 20 N–H and O–H groups in total. The van der Waals surface area contributed by atoms with Crippen molar-refractivity contribution in [3.05, 3.63) is 0 Å². The van der Waals surface area contributed by atoms with Crippen molar-refractivity contribution >= 4 is 35.2 Å². The molecule has 0 fully saturated rings. The lowest BCUT2D eigenvalue weighted by atomic mass is 9.82. The minimum Gasteiger partial charge on any atom is -0.352 e. The molecule has 0 spiro atoms. The SMILES string of the molecule is C.C.CC(C)(C)C(CCC(=O)C(CCC(=O)C(N)CN)NC(=O)C(N)CN)NC(=O)C(CNC(=O)C(N)CN)NC(=O)C(N)CN. The Bertz CT molecular complexity index is 977. The number of ketones is 2. The summed E-state index contributed by atoms with van der Waals surface area (Å²) in [5.74, 6) is -3.46. The van der Waals surface area contributed by atoms with Gasteiger partial charge in [0.15, 0.2) is 11.6 Å². The third-order valence-corrected chi connectivity index (χ3v) is 6.98. The molecule has 0 rings (SSSR count). The number of nitrogens with one attached hydrogen (secondary N) is 4. The van der Waals surface area contributed by atoms with Gasteiger partial charge in [0.25, 0.3) is 0 Å². The topological polar surface area (TPSA) is 359 Å². The van der Waals surface area contributed by atoms with Crippen LogP contribution >= 0.6 is 0 Å². The van der Waals surface area contributed by atoms with E-state index in [-0.39, 0.29) is 79.0 Å². The molecule has 46 heavy (non-hydrogen) atoms. The van der Waals surface area contributed by atoms with Gasteiger partial charge in [-0.15, -0.1) is 0 Å². The summed E-state index contributed by atoms with van der Waals surface area (Å²) in [6, 6.07) is -7.06. The number of rotatable bonds is 21. The first-order valence-electron chi connectivity index (χ1n) is 14.5. The lowest BCUT2D eigenvalue weighted by molar-refractivity contribution is -0.131. The normalized spacial score (nSPS) is 15.6. The van der Waals surface area contributed by atoms with E-state index in [4.69, 9.17) is 45.9 Å². The van der Waals surface area contributed by atoms with Crippen molar-refractivity contribution in [1.29, 1.82) is 0 Å². The molecule has 0 bridgehead atoms. The van der Waals surface area contributed by atoms with Crippen molar-refractivity contribution in [3.8, 4) is 0 Å². The van der Waals surface area contributed by atoms with Gasteiger partial charge in [0.2, 0.25) is 23.6 Å². The van der Waals surface area contributed by atoms with Crippen LogP contribution in [0.4, 0.5) is 0 Å². The molecule has 7 atom stereocenters. The van der Waals surface area contributed by atoms with Crippen LogP contribution in [0.3, 0.4) is 0 Å². The van der Waals surface area contributed by atoms with Crippen LogP contribution in [0.2, 0.25) is 0 Å². The second-order valence-corrected chi connectivity index (χ2v) is 11.7. The lowest BCUT2D eigenvalue weighted by Gasteiger charge is -2.33. The smallest absolute Gasteiger partial charge is 0.244 e. The molecule has 0 aliphatic rings. The van der Waals surface area contributed by atoms with E-state index in [0.717, 1.165) is 0 Å². The summed E-state index contributed by atoms with van der Waals surface area (Å²) in [6.07, 6.45) is -0.147. The largest absolute Gasteiger partial charge is 0.352 e. The Hall–Kier alpha value is -3.10. The lowest BCUT2D eigenvalue weighted by Crippen LogP contribution is -2.60. The fraction of sp³-hybridized carbons (Fsp3) is 0.786. The van der Waals surface area contributed by atoms with Crippen molar-refractivity contribution in [2.75, 3.05) is 32.7 Å². The predicted molar refractivity (Wildman–Crippen MR) is 178 cm³/mol. The summed E-state index contributed by atoms with van der Waals surface area (Å²) < 4.78 is 0. The van der Waals surface area contributed by atoms with Gasteiger partial charge in [0.1, 0.15) is 6.04 Å². The van der Waals surface area contributed by atoms with Gasteiger partial charge in [-0.25, -0.2) is 0 Å². The minimum atomic E-state index is -1.27. The maximum atomic E-state index is 13.4. The molecular formula is C28H62N12O6. The Labute approximate surface area is 272 Å². The van der Waals surface area contributed by atoms with Crippen LogP contribution in [0.15, 0.2) is 0 Å². The zero-order chi connectivity index (χ0) is 34.2. The molecular weight excluding hydrogens is 600 g/mol. The highest BCUT2D eigenvalue weighted by Crippen LogP contribution is 2.24. The molecule has 18 heteroatoms. The molecule has 0 saturated heterocycles. The summed E-state index contributed by atoms with van der Waals surface area (Å²) in [7, 11) is 0. The highest BCUT2D eigenvalue weighted by Gasteiger charge is 2.33. The minimum absolute atomic E-state index is 0. The van der Waals surface area contributed by atoms with Gasteiger partial charge in [0, 0.05) is 51.6 Å². The molecule has 18 nitrogen and oxygen atoms in total. The maximum absolute atomic E-state index is 13.4. The zero-order valence-corrected chi connectivity index (χ0v) is 26.0. The standard InChI is InChI=1S/C26H54N12O6.2CH4/c1-26(2,3)21(38-25(44)18(37-24(43)16(34)11-30)12-35-22(41)14(32)9-28)7-6-20(40)17(36-23(42)15(33)10-29)4-5-19(39)13(31)8-27;;/h13-18,21H,4-12,27-34H2,1-3H3,(H,35,41)(H,36,42)(H,37,43)(H,38,44);2*1H4. The van der Waals surface area contributed by atoms with E-state index in [0.29, 0.717) is 0 Å². The van der Waals surface area contributed by atoms with E-state index >= 15 is 0 Å². The van der Waals surface area contributed by atoms with Crippen LogP contribution in [0.5, 0.6) is 0 Å². The van der Waals surface area contributed by atoms with Crippen molar-refractivity contribution in [3.63, 3.8) is 0 Å². The van der Waals surface area contributed by atoms with Crippen molar-refractivity contribution in [2.45, 2.75) is 104 Å². The van der Waals surface area contributed by atoms with E-state index in [1.807, 2.05) is 20.8 Å². The Balaban J connectivity index is -0.00000924. The van der Waals surface area contributed by atoms with Gasteiger partial charge < -0.3 is 67.1 Å². The third kappa shape index (κ3) is 17.0. The van der Waals surface area contributed by atoms with E-state index in [1.54, 1.807) is 0 Å². The molecule has 270 valence electrons. The Morgan fingerprint density at radius 3 is 1.39 bits per heavy atom. The van der Waals surface area contributed by atoms with Crippen molar-refractivity contribution in [2.24, 2.45) is 51.3 Å². The fourth-order valence-electron chi connectivity index (χ4n) is 3.79. The number of nitrogens with two attached hydrogens (primary N) is 8. The number of amides is 4. The quantitative estimate of drug-likeness (QED) is 0.0546. The molecule has 7 unspecified atom stereocenters. The number of carbonyl (C=O) groups excluding carboxylic acids is 6. The van der Waals surface area contributed by atoms with Crippen LogP contribution in [-0.4, -0.2) is 110 Å². The average molecular weight is 663 g/mol. The van der Waals surface area contributed by atoms with Gasteiger partial charge in [-0.05, 0) is 18.3 Å². The van der Waals surface area contributed by atoms with Gasteiger partial charge in [-0.3, -0.25) is 28.8 Å². The number of hydrogen-bond donors (Lipinski definition) is 12. The fourth-order valence-corrected chi connectivity index (χ4v) is 3.79. The van der Waals surface area contributed by atoms with Crippen molar-refractivity contribution in [1.82, 2.24) is 21.3 Å². The second-order valence-electron chi connectivity index (χ2n) is 11.7. The second kappa shape index (κ2) is 23.3. The Kier molecular flexibility index (Phi) is 23.9. The first kappa shape index (κ1) is 47.3. The molecule has 0 aliphatic carbocycles. The van der Waals surface area contributed by atoms with Gasteiger partial charge in [-0.2, -0.15) is 0 Å². The monoisotopic (exact) mass is 662 g/mol. The van der Waals surface area contributed by atoms with Crippen LogP contribution in [0.25, 0.3) is 0 Å². The Morgan fingerprint density at radius 1 is 0.543 bits per heavy atom. The Morgan fingerprint density at radius 2 is 0.957 bits per heavy atom. The van der Waals surface area contributed by atoms with Gasteiger partial charge in [-0.1, -0.05) is 35.6 Å². The van der Waals surface area contributed by atoms with Crippen molar-refractivity contribution < 1.29 is 28.8 Å². The first-order chi connectivity index (χ1) is 20.4. The van der Waals surface area contributed by atoms with E-state index in [2.05, 4.69) is 21.3 Å². The maximum Gasteiger partial charge on any atom is 0.244 e. The van der Waals surface area contributed by atoms with E-state index in [1.165, 1.54) is 0 Å². The molecule has 0 aromatic carbocycles. The molecule has 4 amide bonds. The number of Topliss-reactive ketones (excluding diaryl/α,β-unsaturated/α-hetero) is 2. The van der Waals surface area contributed by atoms with Crippen LogP contribution in [-0.2, 0) is 28.8 Å². The van der Waals surface area contributed by atoms with Crippen LogP contribution < -0.4 is 67.1 Å². The zero-order valence-electron chi connectivity index (χ0n) is 26.0. The van der Waals surface area contributed by atoms with Gasteiger partial charge in [0.05, 0.1) is 30.2 Å². The summed E-state index contributed by atoms with van der Waals surface area (Å²) >= 11 is 0. The number of carbonyl (C=O) groups is 6. The molecule has 0 radical (unpaired) electrons. The molecule has 0 saturated carbocycles. The molecule has 0 aromatic heterocycles. The summed E-state index contributed by atoms with van der Waals surface area (Å²) in [5.41, 5.74) is 43.9.